The van der Waals surface area contributed by atoms with E-state index in [2.05, 4.69) is 15.7 Å². The molecule has 0 atom stereocenters. The van der Waals surface area contributed by atoms with E-state index in [4.69, 9.17) is 16.0 Å². The number of nitrogens with zero attached hydrogens (tertiary/aromatic N) is 2. The summed E-state index contributed by atoms with van der Waals surface area (Å²) in [6, 6.07) is 16.3. The van der Waals surface area contributed by atoms with Crippen molar-refractivity contribution < 1.29 is 18.8 Å². The molecule has 2 aromatic carbocycles. The molecule has 2 N–H and O–H groups in total. The zero-order chi connectivity index (χ0) is 23.4. The zero-order valence-corrected chi connectivity index (χ0v) is 18.3. The van der Waals surface area contributed by atoms with Crippen molar-refractivity contribution in [3.8, 4) is 0 Å². The van der Waals surface area contributed by atoms with Gasteiger partial charge in [0.05, 0.1) is 24.1 Å². The number of nitrogens with one attached hydrogen (secondary N) is 2. The van der Waals surface area contributed by atoms with Gasteiger partial charge in [-0.3, -0.25) is 19.1 Å². The van der Waals surface area contributed by atoms with Crippen molar-refractivity contribution in [2.24, 2.45) is 7.05 Å². The fourth-order valence-electron chi connectivity index (χ4n) is 3.24. The summed E-state index contributed by atoms with van der Waals surface area (Å²) in [6.45, 7) is 0.175. The van der Waals surface area contributed by atoms with Crippen LogP contribution in [0.2, 0.25) is 5.02 Å². The highest BCUT2D eigenvalue weighted by Crippen LogP contribution is 2.20. The van der Waals surface area contributed by atoms with Crippen LogP contribution < -0.4 is 10.6 Å². The number of halogens is 1. The van der Waals surface area contributed by atoms with Crippen molar-refractivity contribution in [2.45, 2.75) is 6.54 Å². The van der Waals surface area contributed by atoms with Crippen LogP contribution in [-0.2, 0) is 13.6 Å². The molecule has 2 aromatic heterocycles. The van der Waals surface area contributed by atoms with Gasteiger partial charge in [-0.2, -0.15) is 5.10 Å². The van der Waals surface area contributed by atoms with E-state index < -0.39 is 11.8 Å². The smallest absolute Gasteiger partial charge is 0.274 e. The SMILES string of the molecule is Cn1cc(NC(=O)c2ccccc2C(=O)c2ccc(Cl)cc2)c(C(=O)NCc2ccco2)n1. The van der Waals surface area contributed by atoms with Gasteiger partial charge in [0.1, 0.15) is 5.76 Å². The van der Waals surface area contributed by atoms with Gasteiger partial charge < -0.3 is 15.1 Å². The summed E-state index contributed by atoms with van der Waals surface area (Å²) >= 11 is 5.91. The number of aromatic nitrogens is 2. The van der Waals surface area contributed by atoms with Gasteiger partial charge in [-0.1, -0.05) is 29.8 Å². The second-order valence-electron chi connectivity index (χ2n) is 7.16. The lowest BCUT2D eigenvalue weighted by Crippen LogP contribution is -2.25. The molecule has 0 aliphatic carbocycles. The van der Waals surface area contributed by atoms with E-state index in [9.17, 15) is 14.4 Å². The predicted octanol–water partition coefficient (Wildman–Crippen LogP) is 4.08. The molecule has 0 radical (unpaired) electrons. The van der Waals surface area contributed by atoms with Gasteiger partial charge in [0, 0.05) is 29.4 Å². The molecule has 166 valence electrons. The van der Waals surface area contributed by atoms with Crippen molar-refractivity contribution in [2.75, 3.05) is 5.32 Å². The Balaban J connectivity index is 1.55. The minimum absolute atomic E-state index is 0.0407. The zero-order valence-electron chi connectivity index (χ0n) is 17.5. The number of aryl methyl sites for hydroxylation is 1. The standard InChI is InChI=1S/C24H19ClN4O4/c1-29-14-20(21(28-29)24(32)26-13-17-5-4-12-33-17)27-23(31)19-7-3-2-6-18(19)22(30)15-8-10-16(25)11-9-15/h2-12,14H,13H2,1H3,(H,26,32)(H,27,31). The Bertz CT molecular complexity index is 1310. The number of benzene rings is 2. The minimum atomic E-state index is -0.541. The third kappa shape index (κ3) is 5.02. The lowest BCUT2D eigenvalue weighted by molar-refractivity contribution is 0.0942. The number of amides is 2. The molecule has 9 heteroatoms. The molecule has 0 bridgehead atoms. The number of ketones is 1. The van der Waals surface area contributed by atoms with Gasteiger partial charge in [-0.15, -0.1) is 0 Å². The average molecular weight is 463 g/mol. The van der Waals surface area contributed by atoms with Crippen molar-refractivity contribution in [3.63, 3.8) is 0 Å². The van der Waals surface area contributed by atoms with Gasteiger partial charge >= 0.3 is 0 Å². The minimum Gasteiger partial charge on any atom is -0.467 e. The summed E-state index contributed by atoms with van der Waals surface area (Å²) in [4.78, 5) is 38.7. The first kappa shape index (κ1) is 22.0. The first-order valence-corrected chi connectivity index (χ1v) is 10.3. The molecule has 4 rings (SSSR count). The first-order chi connectivity index (χ1) is 15.9. The van der Waals surface area contributed by atoms with E-state index in [1.165, 1.54) is 17.1 Å². The van der Waals surface area contributed by atoms with E-state index in [1.807, 2.05) is 0 Å². The quantitative estimate of drug-likeness (QED) is 0.402. The van der Waals surface area contributed by atoms with Crippen molar-refractivity contribution in [1.29, 1.82) is 0 Å². The Labute approximate surface area is 194 Å². The molecule has 0 saturated carbocycles. The average Bonchev–Trinajstić information content (AvgIpc) is 3.47. The van der Waals surface area contributed by atoms with E-state index in [0.717, 1.165) is 0 Å². The summed E-state index contributed by atoms with van der Waals surface area (Å²) in [7, 11) is 1.64. The lowest BCUT2D eigenvalue weighted by atomic mass is 9.98. The molecular weight excluding hydrogens is 444 g/mol. The van der Waals surface area contributed by atoms with Gasteiger partial charge in [0.15, 0.2) is 11.5 Å². The second kappa shape index (κ2) is 9.54. The van der Waals surface area contributed by atoms with Gasteiger partial charge in [0.25, 0.3) is 11.8 Å². The highest BCUT2D eigenvalue weighted by atomic mass is 35.5. The fourth-order valence-corrected chi connectivity index (χ4v) is 3.36. The predicted molar refractivity (Wildman–Crippen MR) is 122 cm³/mol. The van der Waals surface area contributed by atoms with Crippen LogP contribution in [0.4, 0.5) is 5.69 Å². The van der Waals surface area contributed by atoms with E-state index >= 15 is 0 Å². The van der Waals surface area contributed by atoms with Gasteiger partial charge in [0.2, 0.25) is 0 Å². The molecule has 4 aromatic rings. The number of furan rings is 1. The summed E-state index contributed by atoms with van der Waals surface area (Å²) in [6.07, 6.45) is 3.03. The van der Waals surface area contributed by atoms with Gasteiger partial charge in [-0.05, 0) is 42.5 Å². The molecule has 2 amide bonds. The Morgan fingerprint density at radius 2 is 1.70 bits per heavy atom. The number of hydrogen-bond donors (Lipinski definition) is 2. The van der Waals surface area contributed by atoms with Crippen molar-refractivity contribution in [3.05, 3.63) is 106 Å². The van der Waals surface area contributed by atoms with Crippen LogP contribution in [0, 0.1) is 0 Å². The number of hydrogen-bond acceptors (Lipinski definition) is 5. The number of rotatable bonds is 7. The van der Waals surface area contributed by atoms with E-state index in [1.54, 1.807) is 67.7 Å². The Morgan fingerprint density at radius 1 is 0.970 bits per heavy atom. The molecule has 0 saturated heterocycles. The van der Waals surface area contributed by atoms with E-state index in [0.29, 0.717) is 16.3 Å². The monoisotopic (exact) mass is 462 g/mol. The van der Waals surface area contributed by atoms with Crippen molar-refractivity contribution in [1.82, 2.24) is 15.1 Å². The second-order valence-corrected chi connectivity index (χ2v) is 7.60. The fraction of sp³-hybridized carbons (Fsp3) is 0.0833. The molecule has 0 aliphatic rings. The van der Waals surface area contributed by atoms with Crippen LogP contribution in [0.15, 0.2) is 77.5 Å². The van der Waals surface area contributed by atoms with Crippen LogP contribution in [0.3, 0.4) is 0 Å². The van der Waals surface area contributed by atoms with Crippen LogP contribution in [0.5, 0.6) is 0 Å². The highest BCUT2D eigenvalue weighted by molar-refractivity contribution is 6.30. The third-order valence-corrected chi connectivity index (χ3v) is 5.07. The Hall–Kier alpha value is -4.17. The molecule has 8 nitrogen and oxygen atoms in total. The molecule has 0 aliphatic heterocycles. The lowest BCUT2D eigenvalue weighted by Gasteiger charge is -2.10. The molecule has 33 heavy (non-hydrogen) atoms. The maximum atomic E-state index is 13.1. The maximum absolute atomic E-state index is 13.1. The first-order valence-electron chi connectivity index (χ1n) is 9.97. The molecule has 0 fully saturated rings. The molecule has 2 heterocycles. The Morgan fingerprint density at radius 3 is 2.39 bits per heavy atom. The summed E-state index contributed by atoms with van der Waals surface area (Å²) in [5.41, 5.74) is 1.06. The van der Waals surface area contributed by atoms with Crippen LogP contribution in [0.25, 0.3) is 0 Å². The largest absolute Gasteiger partial charge is 0.467 e. The molecular formula is C24H19ClN4O4. The normalized spacial score (nSPS) is 10.6. The van der Waals surface area contributed by atoms with Crippen molar-refractivity contribution >= 4 is 34.9 Å². The Kier molecular flexibility index (Phi) is 6.37. The summed E-state index contributed by atoms with van der Waals surface area (Å²) in [5, 5.41) is 10.1. The van der Waals surface area contributed by atoms with E-state index in [-0.39, 0.29) is 34.8 Å². The maximum Gasteiger partial charge on any atom is 0.274 e. The highest BCUT2D eigenvalue weighted by Gasteiger charge is 2.22. The van der Waals surface area contributed by atoms with Crippen LogP contribution >= 0.6 is 11.6 Å². The summed E-state index contributed by atoms with van der Waals surface area (Å²) in [5.74, 6) is -0.756. The molecule has 0 spiro atoms. The van der Waals surface area contributed by atoms with Crippen LogP contribution in [-0.4, -0.2) is 27.4 Å². The number of carbonyl (C=O) groups excluding carboxylic acids is 3. The van der Waals surface area contributed by atoms with Crippen LogP contribution in [0.1, 0.15) is 42.5 Å². The third-order valence-electron chi connectivity index (χ3n) is 4.82. The molecule has 0 unspecified atom stereocenters. The topological polar surface area (TPSA) is 106 Å². The summed E-state index contributed by atoms with van der Waals surface area (Å²) < 4.78 is 6.63. The number of anilines is 1. The van der Waals surface area contributed by atoms with Gasteiger partial charge in [-0.25, -0.2) is 0 Å². The number of carbonyl (C=O) groups is 3.